The zero-order valence-corrected chi connectivity index (χ0v) is 35.1. The molecule has 5 aliphatic carbocycles. The van der Waals surface area contributed by atoms with Crippen molar-refractivity contribution in [2.45, 2.75) is 163 Å². The number of benzene rings is 1. The zero-order chi connectivity index (χ0) is 39.8. The number of hydrogen-bond donors (Lipinski definition) is 3. The van der Waals surface area contributed by atoms with Gasteiger partial charge in [-0.05, 0) is 129 Å². The molecule has 0 spiro atoms. The fraction of sp³-hybridized carbons (Fsp3) is 0.750. The number of aliphatic carboxylic acids is 1. The van der Waals surface area contributed by atoms with Crippen LogP contribution in [0.25, 0.3) is 0 Å². The molecule has 7 nitrogen and oxygen atoms in total. The molecule has 0 heterocycles. The van der Waals surface area contributed by atoms with Crippen LogP contribution in [0, 0.1) is 56.7 Å². The van der Waals surface area contributed by atoms with Crippen LogP contribution in [0.1, 0.15) is 169 Å². The predicted octanol–water partition coefficient (Wildman–Crippen LogP) is 10.4. The molecule has 5 unspecified atom stereocenters. The third kappa shape index (κ3) is 7.49. The lowest BCUT2D eigenvalue weighted by molar-refractivity contribution is -0.233. The predicted molar refractivity (Wildman–Crippen MR) is 219 cm³/mol. The van der Waals surface area contributed by atoms with Gasteiger partial charge in [0, 0.05) is 24.8 Å². The van der Waals surface area contributed by atoms with Crippen LogP contribution in [0.5, 0.6) is 0 Å². The van der Waals surface area contributed by atoms with Crippen LogP contribution in [-0.2, 0) is 19.2 Å². The van der Waals surface area contributed by atoms with Crippen LogP contribution in [-0.4, -0.2) is 35.2 Å². The molecule has 5 fully saturated rings. The molecule has 2 amide bonds. The Morgan fingerprint density at radius 2 is 1.51 bits per heavy atom. The van der Waals surface area contributed by atoms with Gasteiger partial charge in [0.25, 0.3) is 0 Å². The molecule has 0 aromatic heterocycles. The lowest BCUT2D eigenvalue weighted by atomic mass is 9.32. The summed E-state index contributed by atoms with van der Waals surface area (Å²) in [4.78, 5) is 51.6. The van der Waals surface area contributed by atoms with E-state index in [2.05, 4.69) is 58.8 Å². The minimum Gasteiger partial charge on any atom is -0.481 e. The van der Waals surface area contributed by atoms with Gasteiger partial charge in [-0.3, -0.25) is 19.2 Å². The third-order valence-corrected chi connectivity index (χ3v) is 17.3. The average Bonchev–Trinajstić information content (AvgIpc) is 3.54. The maximum atomic E-state index is 14.5. The van der Waals surface area contributed by atoms with E-state index in [-0.39, 0.29) is 39.4 Å². The summed E-state index contributed by atoms with van der Waals surface area (Å²) in [6, 6.07) is 8.78. The SMILES string of the molecule is C=C(C)[C@@H]1CC[C@]2(C(=O)NCCCCCCCCC(=O)NC(CC(=O)O)c3ccccc3)CC[C@]3(C)C(CCC4[C@@]5(C)CCC(=O)C(C)(C)C5CC[C@]43C)C12. The van der Waals surface area contributed by atoms with Gasteiger partial charge in [0.05, 0.1) is 17.9 Å². The second kappa shape index (κ2) is 16.1. The van der Waals surface area contributed by atoms with Crippen molar-refractivity contribution in [3.8, 4) is 0 Å². The van der Waals surface area contributed by atoms with Crippen molar-refractivity contribution < 1.29 is 24.3 Å². The highest BCUT2D eigenvalue weighted by molar-refractivity contribution is 5.85. The highest BCUT2D eigenvalue weighted by Crippen LogP contribution is 2.77. The summed E-state index contributed by atoms with van der Waals surface area (Å²) in [5, 5.41) is 15.7. The molecule has 304 valence electrons. The van der Waals surface area contributed by atoms with E-state index in [0.29, 0.717) is 54.2 Å². The van der Waals surface area contributed by atoms with Gasteiger partial charge < -0.3 is 15.7 Å². The molecular weight excluding hydrogens is 685 g/mol. The molecule has 0 saturated heterocycles. The van der Waals surface area contributed by atoms with E-state index in [1.807, 2.05) is 30.3 Å². The minimum absolute atomic E-state index is 0.103. The van der Waals surface area contributed by atoms with E-state index < -0.39 is 12.0 Å². The summed E-state index contributed by atoms with van der Waals surface area (Å²) in [7, 11) is 0. The van der Waals surface area contributed by atoms with Gasteiger partial charge in [-0.25, -0.2) is 0 Å². The Hall–Kier alpha value is -2.96. The maximum absolute atomic E-state index is 14.5. The van der Waals surface area contributed by atoms with E-state index in [1.165, 1.54) is 24.8 Å². The topological polar surface area (TPSA) is 113 Å². The van der Waals surface area contributed by atoms with E-state index in [0.717, 1.165) is 89.0 Å². The Morgan fingerprint density at radius 1 is 0.818 bits per heavy atom. The molecule has 55 heavy (non-hydrogen) atoms. The normalized spacial score (nSPS) is 36.7. The van der Waals surface area contributed by atoms with Gasteiger partial charge in [-0.15, -0.1) is 0 Å². The number of hydrogen-bond acceptors (Lipinski definition) is 4. The Bertz CT molecular complexity index is 1600. The Morgan fingerprint density at radius 3 is 2.20 bits per heavy atom. The lowest BCUT2D eigenvalue weighted by Gasteiger charge is -2.72. The number of allylic oxidation sites excluding steroid dienone is 1. The van der Waals surface area contributed by atoms with Gasteiger partial charge in [0.1, 0.15) is 5.78 Å². The minimum atomic E-state index is -0.932. The van der Waals surface area contributed by atoms with E-state index in [4.69, 9.17) is 0 Å². The van der Waals surface area contributed by atoms with E-state index in [9.17, 15) is 24.3 Å². The first-order chi connectivity index (χ1) is 26.0. The molecule has 0 aliphatic heterocycles. The summed E-state index contributed by atoms with van der Waals surface area (Å²) in [6.07, 6.45) is 16.8. The number of amides is 2. The second-order valence-electron chi connectivity index (χ2n) is 20.2. The number of fused-ring (bicyclic) bond motifs is 7. The summed E-state index contributed by atoms with van der Waals surface area (Å²) in [6.45, 7) is 19.7. The van der Waals surface area contributed by atoms with Gasteiger partial charge in [0.15, 0.2) is 0 Å². The summed E-state index contributed by atoms with van der Waals surface area (Å²) in [5.41, 5.74) is 2.10. The maximum Gasteiger partial charge on any atom is 0.305 e. The Kier molecular flexibility index (Phi) is 12.2. The first kappa shape index (κ1) is 41.7. The van der Waals surface area contributed by atoms with Crippen LogP contribution in [0.2, 0.25) is 0 Å². The summed E-state index contributed by atoms with van der Waals surface area (Å²) < 4.78 is 0. The zero-order valence-electron chi connectivity index (χ0n) is 35.1. The van der Waals surface area contributed by atoms with Gasteiger partial charge in [0.2, 0.25) is 11.8 Å². The number of carboxylic acids is 1. The molecular formula is C48H72N2O5. The third-order valence-electron chi connectivity index (χ3n) is 17.3. The van der Waals surface area contributed by atoms with Gasteiger partial charge in [-0.2, -0.15) is 0 Å². The van der Waals surface area contributed by atoms with Gasteiger partial charge in [-0.1, -0.05) is 103 Å². The largest absolute Gasteiger partial charge is 0.481 e. The fourth-order valence-electron chi connectivity index (χ4n) is 14.2. The number of rotatable bonds is 15. The van der Waals surface area contributed by atoms with Crippen LogP contribution in [0.15, 0.2) is 42.5 Å². The molecule has 6 rings (SSSR count). The van der Waals surface area contributed by atoms with Gasteiger partial charge >= 0.3 is 5.97 Å². The van der Waals surface area contributed by atoms with E-state index >= 15 is 0 Å². The Labute approximate surface area is 332 Å². The van der Waals surface area contributed by atoms with Crippen molar-refractivity contribution in [1.29, 1.82) is 0 Å². The molecule has 7 heteroatoms. The molecule has 5 saturated carbocycles. The number of unbranched alkanes of at least 4 members (excludes halogenated alkanes) is 5. The van der Waals surface area contributed by atoms with Crippen molar-refractivity contribution in [1.82, 2.24) is 10.6 Å². The van der Waals surface area contributed by atoms with Crippen molar-refractivity contribution in [3.05, 3.63) is 48.0 Å². The summed E-state index contributed by atoms with van der Waals surface area (Å²) in [5.74, 6) is 2.06. The average molecular weight is 757 g/mol. The molecule has 5 aliphatic rings. The molecule has 1 aromatic carbocycles. The highest BCUT2D eigenvalue weighted by atomic mass is 16.4. The van der Waals surface area contributed by atoms with E-state index in [1.54, 1.807) is 0 Å². The van der Waals surface area contributed by atoms with Crippen LogP contribution >= 0.6 is 0 Å². The highest BCUT2D eigenvalue weighted by Gasteiger charge is 2.71. The molecule has 1 aromatic rings. The smallest absolute Gasteiger partial charge is 0.305 e. The van der Waals surface area contributed by atoms with Crippen LogP contribution in [0.4, 0.5) is 0 Å². The van der Waals surface area contributed by atoms with Crippen molar-refractivity contribution in [3.63, 3.8) is 0 Å². The quantitative estimate of drug-likeness (QED) is 0.122. The number of carbonyl (C=O) groups excluding carboxylic acids is 3. The van der Waals surface area contributed by atoms with Crippen LogP contribution in [0.3, 0.4) is 0 Å². The first-order valence-corrected chi connectivity index (χ1v) is 22.0. The number of carbonyl (C=O) groups is 4. The number of Topliss-reactive ketones (excluding diaryl/α,β-unsaturated/α-hetero) is 1. The lowest BCUT2D eigenvalue weighted by Crippen LogP contribution is -2.67. The monoisotopic (exact) mass is 757 g/mol. The first-order valence-electron chi connectivity index (χ1n) is 22.0. The van der Waals surface area contributed by atoms with Crippen molar-refractivity contribution in [2.75, 3.05) is 6.54 Å². The summed E-state index contributed by atoms with van der Waals surface area (Å²) >= 11 is 0. The molecule has 0 radical (unpaired) electrons. The van der Waals surface area contributed by atoms with Crippen LogP contribution < -0.4 is 10.6 Å². The fourth-order valence-corrected chi connectivity index (χ4v) is 14.2. The molecule has 0 bridgehead atoms. The standard InChI is InChI=1S/C48H72N2O5/c1-32(2)34-22-27-48(43(55)49-30-16-11-9-8-10-15-19-40(52)50-36(31-41(53)54)33-17-13-12-14-18-33)29-28-46(6)35(42(34)48)20-21-38-45(5)25-24-39(51)44(3,4)37(45)23-26-47(38,46)7/h12-14,17-18,34-38,42H,1,8-11,15-16,19-31H2,2-7H3,(H,49,55)(H,50,52)(H,53,54)/t34-,35?,36?,37?,38?,42?,45-,46+,47+,48-/m0/s1. The Balaban J connectivity index is 1.00. The van der Waals surface area contributed by atoms with Crippen molar-refractivity contribution >= 4 is 23.6 Å². The molecule has 3 N–H and O–H groups in total. The number of nitrogens with one attached hydrogen (secondary N) is 2. The number of ketones is 1. The number of carboxylic acid groups (broad SMARTS) is 1. The molecule has 10 atom stereocenters. The second-order valence-corrected chi connectivity index (χ2v) is 20.2. The van der Waals surface area contributed by atoms with Crippen molar-refractivity contribution in [2.24, 2.45) is 56.7 Å².